The van der Waals surface area contributed by atoms with Crippen molar-refractivity contribution in [3.05, 3.63) is 29.8 Å². The average Bonchev–Trinajstić information content (AvgIpc) is 2.47. The highest BCUT2D eigenvalue weighted by molar-refractivity contribution is 5.89. The highest BCUT2D eigenvalue weighted by atomic mass is 16.5. The van der Waals surface area contributed by atoms with Crippen LogP contribution in [0.15, 0.2) is 24.3 Å². The molecule has 5 heteroatoms. The number of aliphatic hydroxyl groups excluding tert-OH is 1. The molecule has 2 atom stereocenters. The van der Waals surface area contributed by atoms with E-state index in [1.165, 1.54) is 0 Å². The smallest absolute Gasteiger partial charge is 0.319 e. The zero-order valence-electron chi connectivity index (χ0n) is 11.8. The summed E-state index contributed by atoms with van der Waals surface area (Å²) in [5.41, 5.74) is 1.53. The molecule has 0 aromatic heterocycles. The number of hydrogen-bond donors (Lipinski definition) is 3. The van der Waals surface area contributed by atoms with E-state index >= 15 is 0 Å². The molecule has 1 fully saturated rings. The summed E-state index contributed by atoms with van der Waals surface area (Å²) in [5.74, 6) is 0. The largest absolute Gasteiger partial charge is 0.389 e. The lowest BCUT2D eigenvalue weighted by Gasteiger charge is -2.22. The van der Waals surface area contributed by atoms with Crippen molar-refractivity contribution < 1.29 is 14.6 Å². The summed E-state index contributed by atoms with van der Waals surface area (Å²) in [6.45, 7) is 3.03. The lowest BCUT2D eigenvalue weighted by molar-refractivity contribution is 0.0187. The SMILES string of the molecule is CC(O)c1ccc(NC(=O)NCC2CCCCO2)cc1. The minimum absolute atomic E-state index is 0.132. The van der Waals surface area contributed by atoms with E-state index in [0.717, 1.165) is 31.4 Å². The molecule has 110 valence electrons. The highest BCUT2D eigenvalue weighted by Gasteiger charge is 2.14. The number of anilines is 1. The molecule has 0 spiro atoms. The average molecular weight is 278 g/mol. The number of carbonyl (C=O) groups excluding carboxylic acids is 1. The van der Waals surface area contributed by atoms with Gasteiger partial charge in [-0.2, -0.15) is 0 Å². The molecule has 0 saturated carbocycles. The molecule has 3 N–H and O–H groups in total. The van der Waals surface area contributed by atoms with Gasteiger partial charge in [-0.05, 0) is 43.9 Å². The second-order valence-corrected chi connectivity index (χ2v) is 5.12. The quantitative estimate of drug-likeness (QED) is 0.792. The first-order valence-electron chi connectivity index (χ1n) is 7.09. The first-order chi connectivity index (χ1) is 9.65. The first-order valence-corrected chi connectivity index (χ1v) is 7.09. The maximum atomic E-state index is 11.7. The third kappa shape index (κ3) is 4.51. The van der Waals surface area contributed by atoms with Gasteiger partial charge < -0.3 is 20.5 Å². The Bertz CT molecular complexity index is 425. The number of rotatable bonds is 4. The summed E-state index contributed by atoms with van der Waals surface area (Å²) in [7, 11) is 0. The van der Waals surface area contributed by atoms with Crippen LogP contribution in [-0.4, -0.2) is 30.4 Å². The fraction of sp³-hybridized carbons (Fsp3) is 0.533. The molecule has 2 amide bonds. The summed E-state index contributed by atoms with van der Waals surface area (Å²) in [6, 6.07) is 6.91. The van der Waals surface area contributed by atoms with Crippen molar-refractivity contribution >= 4 is 11.7 Å². The Balaban J connectivity index is 1.75. The van der Waals surface area contributed by atoms with Crippen LogP contribution in [0.4, 0.5) is 10.5 Å². The standard InChI is InChI=1S/C15H22N2O3/c1-11(18)12-5-7-13(8-6-12)17-15(19)16-10-14-4-2-3-9-20-14/h5-8,11,14,18H,2-4,9-10H2,1H3,(H2,16,17,19). The number of hydrogen-bond acceptors (Lipinski definition) is 3. The maximum absolute atomic E-state index is 11.7. The number of carbonyl (C=O) groups is 1. The van der Waals surface area contributed by atoms with Crippen LogP contribution in [0.25, 0.3) is 0 Å². The van der Waals surface area contributed by atoms with Crippen molar-refractivity contribution in [2.24, 2.45) is 0 Å². The Labute approximate surface area is 119 Å². The van der Waals surface area contributed by atoms with E-state index in [4.69, 9.17) is 4.74 Å². The van der Waals surface area contributed by atoms with Crippen molar-refractivity contribution in [1.29, 1.82) is 0 Å². The Morgan fingerprint density at radius 3 is 2.75 bits per heavy atom. The van der Waals surface area contributed by atoms with E-state index in [1.54, 1.807) is 31.2 Å². The van der Waals surface area contributed by atoms with Gasteiger partial charge in [-0.15, -0.1) is 0 Å². The minimum atomic E-state index is -0.499. The predicted molar refractivity (Wildman–Crippen MR) is 77.7 cm³/mol. The van der Waals surface area contributed by atoms with E-state index in [2.05, 4.69) is 10.6 Å². The molecule has 2 unspecified atom stereocenters. The maximum Gasteiger partial charge on any atom is 0.319 e. The second-order valence-electron chi connectivity index (χ2n) is 5.12. The normalized spacial score (nSPS) is 20.2. The predicted octanol–water partition coefficient (Wildman–Crippen LogP) is 2.43. The van der Waals surface area contributed by atoms with Crippen molar-refractivity contribution in [2.45, 2.75) is 38.4 Å². The Hall–Kier alpha value is -1.59. The number of amides is 2. The molecular formula is C15H22N2O3. The summed E-state index contributed by atoms with van der Waals surface area (Å²) < 4.78 is 5.55. The number of nitrogens with one attached hydrogen (secondary N) is 2. The van der Waals surface area contributed by atoms with Gasteiger partial charge in [-0.3, -0.25) is 0 Å². The van der Waals surface area contributed by atoms with E-state index in [0.29, 0.717) is 12.2 Å². The van der Waals surface area contributed by atoms with Crippen LogP contribution < -0.4 is 10.6 Å². The molecule has 5 nitrogen and oxygen atoms in total. The van der Waals surface area contributed by atoms with Crippen LogP contribution in [0.1, 0.15) is 37.9 Å². The van der Waals surface area contributed by atoms with Gasteiger partial charge in [-0.25, -0.2) is 4.79 Å². The lowest BCUT2D eigenvalue weighted by atomic mass is 10.1. The van der Waals surface area contributed by atoms with E-state index in [1.807, 2.05) is 0 Å². The number of benzene rings is 1. The van der Waals surface area contributed by atoms with Gasteiger partial charge >= 0.3 is 6.03 Å². The molecule has 1 heterocycles. The molecule has 20 heavy (non-hydrogen) atoms. The number of urea groups is 1. The molecule has 1 aliphatic rings. The van der Waals surface area contributed by atoms with Gasteiger partial charge in [0, 0.05) is 18.8 Å². The molecule has 1 aromatic carbocycles. The third-order valence-electron chi connectivity index (χ3n) is 3.42. The van der Waals surface area contributed by atoms with Crippen LogP contribution >= 0.6 is 0 Å². The minimum Gasteiger partial charge on any atom is -0.389 e. The van der Waals surface area contributed by atoms with Gasteiger partial charge in [-0.1, -0.05) is 12.1 Å². The zero-order chi connectivity index (χ0) is 14.4. The lowest BCUT2D eigenvalue weighted by Crippen LogP contribution is -2.37. The van der Waals surface area contributed by atoms with Gasteiger partial charge in [0.2, 0.25) is 0 Å². The van der Waals surface area contributed by atoms with E-state index in [-0.39, 0.29) is 12.1 Å². The summed E-state index contributed by atoms with van der Waals surface area (Å²) in [4.78, 5) is 11.7. The zero-order valence-corrected chi connectivity index (χ0v) is 11.8. The molecule has 0 radical (unpaired) electrons. The summed E-state index contributed by atoms with van der Waals surface area (Å²) in [6.07, 6.45) is 2.91. The third-order valence-corrected chi connectivity index (χ3v) is 3.42. The van der Waals surface area contributed by atoms with Crippen LogP contribution in [0.5, 0.6) is 0 Å². The number of ether oxygens (including phenoxy) is 1. The van der Waals surface area contributed by atoms with E-state index < -0.39 is 6.10 Å². The van der Waals surface area contributed by atoms with Crippen molar-refractivity contribution in [2.75, 3.05) is 18.5 Å². The van der Waals surface area contributed by atoms with Gasteiger partial charge in [0.05, 0.1) is 12.2 Å². The van der Waals surface area contributed by atoms with Gasteiger partial charge in [0.25, 0.3) is 0 Å². The molecule has 0 aliphatic carbocycles. The Morgan fingerprint density at radius 2 is 2.15 bits per heavy atom. The summed E-state index contributed by atoms with van der Waals surface area (Å²) >= 11 is 0. The van der Waals surface area contributed by atoms with Crippen LogP contribution in [0, 0.1) is 0 Å². The fourth-order valence-corrected chi connectivity index (χ4v) is 2.20. The molecule has 1 aliphatic heterocycles. The van der Waals surface area contributed by atoms with Crippen LogP contribution in [0.3, 0.4) is 0 Å². The number of aliphatic hydroxyl groups is 1. The molecule has 1 saturated heterocycles. The van der Waals surface area contributed by atoms with Crippen molar-refractivity contribution in [3.63, 3.8) is 0 Å². The monoisotopic (exact) mass is 278 g/mol. The van der Waals surface area contributed by atoms with Crippen molar-refractivity contribution in [3.8, 4) is 0 Å². The van der Waals surface area contributed by atoms with Gasteiger partial charge in [0.15, 0.2) is 0 Å². The second kappa shape index (κ2) is 7.26. The van der Waals surface area contributed by atoms with Gasteiger partial charge in [0.1, 0.15) is 0 Å². The Kier molecular flexibility index (Phi) is 5.38. The molecular weight excluding hydrogens is 256 g/mol. The first kappa shape index (κ1) is 14.8. The van der Waals surface area contributed by atoms with Crippen LogP contribution in [0.2, 0.25) is 0 Å². The molecule has 2 rings (SSSR count). The Morgan fingerprint density at radius 1 is 1.40 bits per heavy atom. The fourth-order valence-electron chi connectivity index (χ4n) is 2.20. The topological polar surface area (TPSA) is 70.6 Å². The molecule has 1 aromatic rings. The summed E-state index contributed by atoms with van der Waals surface area (Å²) in [5, 5.41) is 15.0. The van der Waals surface area contributed by atoms with E-state index in [9.17, 15) is 9.90 Å². The van der Waals surface area contributed by atoms with Crippen molar-refractivity contribution in [1.82, 2.24) is 5.32 Å². The highest BCUT2D eigenvalue weighted by Crippen LogP contribution is 2.15. The molecule has 0 bridgehead atoms. The van der Waals surface area contributed by atoms with Crippen LogP contribution in [-0.2, 0) is 4.74 Å².